The van der Waals surface area contributed by atoms with Gasteiger partial charge < -0.3 is 14.8 Å². The number of ether oxygens (including phenoxy) is 2. The molecule has 0 radical (unpaired) electrons. The van der Waals surface area contributed by atoms with Crippen molar-refractivity contribution in [2.24, 2.45) is 0 Å². The minimum atomic E-state index is -3.87. The Bertz CT molecular complexity index is 1130. The van der Waals surface area contributed by atoms with Gasteiger partial charge in [-0.3, -0.25) is 4.79 Å². The predicted octanol–water partition coefficient (Wildman–Crippen LogP) is 2.99. The Morgan fingerprint density at radius 3 is 2.56 bits per heavy atom. The third-order valence-electron chi connectivity index (χ3n) is 4.96. The van der Waals surface area contributed by atoms with Gasteiger partial charge >= 0.3 is 5.97 Å². The Labute approximate surface area is 190 Å². The second kappa shape index (κ2) is 10.6. The first kappa shape index (κ1) is 23.7. The van der Waals surface area contributed by atoms with Crippen LogP contribution in [0.5, 0.6) is 5.75 Å². The van der Waals surface area contributed by atoms with Crippen LogP contribution in [0, 0.1) is 11.3 Å². The average Bonchev–Trinajstić information content (AvgIpc) is 3.05. The minimum Gasteiger partial charge on any atom is -0.495 e. The highest BCUT2D eigenvalue weighted by molar-refractivity contribution is 7.89. The van der Waals surface area contributed by atoms with Crippen molar-refractivity contribution in [3.8, 4) is 11.8 Å². The van der Waals surface area contributed by atoms with Crippen LogP contribution in [0.1, 0.15) is 41.6 Å². The fraction of sp³-hybridized carbons (Fsp3) is 0.381. The summed E-state index contributed by atoms with van der Waals surface area (Å²) in [5, 5.41) is 13.5. The van der Waals surface area contributed by atoms with Gasteiger partial charge in [-0.25, -0.2) is 13.2 Å². The van der Waals surface area contributed by atoms with Crippen LogP contribution < -0.4 is 10.1 Å². The standard InChI is InChI=1S/C21H23N3O6S2/c1-29-17-7-6-15(12-18(17)32(27,28)24-9-4-2-3-5-10-24)21(26)30-14-19(25)23-20-16(13-22)8-11-31-20/h6-8,11-12H,2-5,9-10,14H2,1H3,(H,23,25). The number of thiophene rings is 1. The maximum absolute atomic E-state index is 13.2. The number of esters is 1. The summed E-state index contributed by atoms with van der Waals surface area (Å²) in [5.41, 5.74) is 0.300. The van der Waals surface area contributed by atoms with Gasteiger partial charge in [0.25, 0.3) is 5.91 Å². The monoisotopic (exact) mass is 477 g/mol. The summed E-state index contributed by atoms with van der Waals surface area (Å²) < 4.78 is 38.1. The molecule has 1 aromatic carbocycles. The third kappa shape index (κ3) is 5.45. The molecule has 0 spiro atoms. The number of rotatable bonds is 7. The van der Waals surface area contributed by atoms with Crippen LogP contribution in [0.3, 0.4) is 0 Å². The zero-order valence-corrected chi connectivity index (χ0v) is 19.1. The number of carbonyl (C=O) groups excluding carboxylic acids is 2. The highest BCUT2D eigenvalue weighted by Crippen LogP contribution is 2.29. The van der Waals surface area contributed by atoms with Crippen molar-refractivity contribution in [2.75, 3.05) is 32.1 Å². The smallest absolute Gasteiger partial charge is 0.338 e. The molecule has 0 unspecified atom stereocenters. The summed E-state index contributed by atoms with van der Waals surface area (Å²) in [6, 6.07) is 7.51. The first-order chi connectivity index (χ1) is 15.4. The van der Waals surface area contributed by atoms with E-state index in [0.29, 0.717) is 23.7 Å². The molecular formula is C21H23N3O6S2. The quantitative estimate of drug-likeness (QED) is 0.608. The zero-order valence-electron chi connectivity index (χ0n) is 17.5. The van der Waals surface area contributed by atoms with Gasteiger partial charge in [0.1, 0.15) is 21.7 Å². The zero-order chi connectivity index (χ0) is 23.1. The van der Waals surface area contributed by atoms with E-state index in [4.69, 9.17) is 14.7 Å². The topological polar surface area (TPSA) is 126 Å². The van der Waals surface area contributed by atoms with Crippen molar-refractivity contribution in [1.29, 1.82) is 5.26 Å². The molecule has 1 saturated heterocycles. The molecule has 1 fully saturated rings. The molecule has 9 nitrogen and oxygen atoms in total. The largest absolute Gasteiger partial charge is 0.495 e. The number of nitrogens with zero attached hydrogens (tertiary/aromatic N) is 2. The molecular weight excluding hydrogens is 454 g/mol. The number of benzene rings is 1. The van der Waals surface area contributed by atoms with Gasteiger partial charge in [0.2, 0.25) is 10.0 Å². The molecule has 1 amide bonds. The summed E-state index contributed by atoms with van der Waals surface area (Å²) in [6.07, 6.45) is 3.49. The number of hydrogen-bond donors (Lipinski definition) is 1. The molecule has 0 aliphatic carbocycles. The van der Waals surface area contributed by atoms with Gasteiger partial charge in [-0.15, -0.1) is 11.3 Å². The number of anilines is 1. The summed E-state index contributed by atoms with van der Waals surface area (Å²) in [6.45, 7) is 0.239. The van der Waals surface area contributed by atoms with Crippen molar-refractivity contribution < 1.29 is 27.5 Å². The highest BCUT2D eigenvalue weighted by Gasteiger charge is 2.29. The first-order valence-corrected chi connectivity index (χ1v) is 12.3. The predicted molar refractivity (Wildman–Crippen MR) is 118 cm³/mol. The van der Waals surface area contributed by atoms with E-state index >= 15 is 0 Å². The number of hydrogen-bond acceptors (Lipinski definition) is 8. The average molecular weight is 478 g/mol. The van der Waals surface area contributed by atoms with Crippen molar-refractivity contribution in [3.05, 3.63) is 40.8 Å². The van der Waals surface area contributed by atoms with Gasteiger partial charge in [-0.05, 0) is 42.5 Å². The fourth-order valence-corrected chi connectivity index (χ4v) is 5.75. The summed E-state index contributed by atoms with van der Waals surface area (Å²) in [4.78, 5) is 24.4. The molecule has 32 heavy (non-hydrogen) atoms. The van der Waals surface area contributed by atoms with Crippen LogP contribution in [0.25, 0.3) is 0 Å². The Balaban J connectivity index is 1.73. The van der Waals surface area contributed by atoms with Crippen LogP contribution in [-0.2, 0) is 19.6 Å². The summed E-state index contributed by atoms with van der Waals surface area (Å²) >= 11 is 1.18. The molecule has 2 aromatic rings. The van der Waals surface area contributed by atoms with E-state index in [1.807, 2.05) is 6.07 Å². The highest BCUT2D eigenvalue weighted by atomic mass is 32.2. The van der Waals surface area contributed by atoms with Crippen LogP contribution in [-0.4, -0.2) is 51.4 Å². The van der Waals surface area contributed by atoms with Crippen LogP contribution in [0.4, 0.5) is 5.00 Å². The van der Waals surface area contributed by atoms with E-state index in [2.05, 4.69) is 5.32 Å². The van der Waals surface area contributed by atoms with E-state index in [0.717, 1.165) is 25.7 Å². The molecule has 1 aliphatic heterocycles. The number of sulfonamides is 1. The molecule has 0 bridgehead atoms. The minimum absolute atomic E-state index is 0.0131. The molecule has 11 heteroatoms. The Hall–Kier alpha value is -2.94. The Morgan fingerprint density at radius 1 is 1.19 bits per heavy atom. The second-order valence-electron chi connectivity index (χ2n) is 7.08. The first-order valence-electron chi connectivity index (χ1n) is 9.99. The molecule has 1 aromatic heterocycles. The summed E-state index contributed by atoms with van der Waals surface area (Å²) in [5.74, 6) is -1.32. The molecule has 1 aliphatic rings. The van der Waals surface area contributed by atoms with E-state index < -0.39 is 28.5 Å². The van der Waals surface area contributed by atoms with Crippen LogP contribution in [0.2, 0.25) is 0 Å². The van der Waals surface area contributed by atoms with Gasteiger partial charge in [-0.2, -0.15) is 9.57 Å². The second-order valence-corrected chi connectivity index (χ2v) is 9.91. The summed E-state index contributed by atoms with van der Waals surface area (Å²) in [7, 11) is -2.51. The number of nitrogens with one attached hydrogen (secondary N) is 1. The number of methoxy groups -OCH3 is 1. The number of amides is 1. The fourth-order valence-electron chi connectivity index (χ4n) is 3.30. The molecule has 3 rings (SSSR count). The van der Waals surface area contributed by atoms with Crippen LogP contribution in [0.15, 0.2) is 34.5 Å². The maximum Gasteiger partial charge on any atom is 0.338 e. The molecule has 2 heterocycles. The van der Waals surface area contributed by atoms with Crippen LogP contribution >= 0.6 is 11.3 Å². The lowest BCUT2D eigenvalue weighted by molar-refractivity contribution is -0.119. The molecule has 170 valence electrons. The van der Waals surface area contributed by atoms with E-state index in [1.165, 1.54) is 41.0 Å². The molecule has 0 saturated carbocycles. The van der Waals surface area contributed by atoms with E-state index in [9.17, 15) is 18.0 Å². The van der Waals surface area contributed by atoms with Crippen molar-refractivity contribution in [3.63, 3.8) is 0 Å². The molecule has 0 atom stereocenters. The lowest BCUT2D eigenvalue weighted by atomic mass is 10.2. The van der Waals surface area contributed by atoms with Gasteiger partial charge in [0, 0.05) is 13.1 Å². The van der Waals surface area contributed by atoms with Crippen molar-refractivity contribution in [2.45, 2.75) is 30.6 Å². The van der Waals surface area contributed by atoms with Crippen molar-refractivity contribution in [1.82, 2.24) is 4.31 Å². The van der Waals surface area contributed by atoms with E-state index in [-0.39, 0.29) is 16.2 Å². The maximum atomic E-state index is 13.2. The van der Waals surface area contributed by atoms with Gasteiger partial charge in [0.15, 0.2) is 6.61 Å². The van der Waals surface area contributed by atoms with Crippen molar-refractivity contribution >= 4 is 38.2 Å². The van der Waals surface area contributed by atoms with E-state index in [1.54, 1.807) is 11.4 Å². The molecule has 1 N–H and O–H groups in total. The Morgan fingerprint density at radius 2 is 1.91 bits per heavy atom. The lowest BCUT2D eigenvalue weighted by Crippen LogP contribution is -2.32. The Kier molecular flexibility index (Phi) is 7.84. The van der Waals surface area contributed by atoms with Gasteiger partial charge in [-0.1, -0.05) is 12.8 Å². The number of carbonyl (C=O) groups is 2. The third-order valence-corrected chi connectivity index (χ3v) is 7.70. The normalized spacial score (nSPS) is 14.8. The SMILES string of the molecule is COc1ccc(C(=O)OCC(=O)Nc2sccc2C#N)cc1S(=O)(=O)N1CCCCCC1. The van der Waals surface area contributed by atoms with Gasteiger partial charge in [0.05, 0.1) is 18.2 Å². The lowest BCUT2D eigenvalue weighted by Gasteiger charge is -2.21. The number of nitriles is 1.